The van der Waals surface area contributed by atoms with E-state index in [2.05, 4.69) is 26.0 Å². The number of ether oxygens (including phenoxy) is 2. The molecule has 0 aromatic carbocycles. The van der Waals surface area contributed by atoms with Gasteiger partial charge in [-0.25, -0.2) is 0 Å². The van der Waals surface area contributed by atoms with E-state index in [-0.39, 0.29) is 24.7 Å². The Bertz CT molecular complexity index is 317. The first-order valence-corrected chi connectivity index (χ1v) is 8.35. The van der Waals surface area contributed by atoms with Crippen LogP contribution in [0.2, 0.25) is 0 Å². The highest BCUT2D eigenvalue weighted by Gasteiger charge is 2.30. The van der Waals surface area contributed by atoms with Crippen molar-refractivity contribution in [2.45, 2.75) is 71.0 Å². The molecule has 2 N–H and O–H groups in total. The van der Waals surface area contributed by atoms with Crippen LogP contribution in [0.25, 0.3) is 0 Å². The summed E-state index contributed by atoms with van der Waals surface area (Å²) in [5.41, 5.74) is 5.32. The lowest BCUT2D eigenvalue weighted by molar-refractivity contribution is -0.161. The fraction of sp³-hybridized carbons (Fsp3) is 0.824. The number of hydrogen-bond donors (Lipinski definition) is 1. The van der Waals surface area contributed by atoms with Crippen LogP contribution in [0.5, 0.6) is 0 Å². The molecule has 4 heteroatoms. The lowest BCUT2D eigenvalue weighted by Crippen LogP contribution is -2.40. The second-order valence-electron chi connectivity index (χ2n) is 6.00. The van der Waals surface area contributed by atoms with E-state index in [1.807, 2.05) is 0 Å². The van der Waals surface area contributed by atoms with Gasteiger partial charge in [0, 0.05) is 0 Å². The van der Waals surface area contributed by atoms with Crippen LogP contribution in [0.3, 0.4) is 0 Å². The molecule has 1 heterocycles. The van der Waals surface area contributed by atoms with E-state index in [4.69, 9.17) is 15.2 Å². The topological polar surface area (TPSA) is 61.5 Å². The van der Waals surface area contributed by atoms with Crippen molar-refractivity contribution in [1.82, 2.24) is 0 Å². The maximum atomic E-state index is 11.4. The molecule has 0 unspecified atom stereocenters. The van der Waals surface area contributed by atoms with Crippen molar-refractivity contribution in [1.29, 1.82) is 0 Å². The summed E-state index contributed by atoms with van der Waals surface area (Å²) in [5.74, 6) is 0.0648. The van der Waals surface area contributed by atoms with E-state index in [0.29, 0.717) is 5.92 Å². The average molecular weight is 297 g/mol. The number of rotatable bonds is 9. The molecule has 0 amide bonds. The fourth-order valence-corrected chi connectivity index (χ4v) is 2.59. The normalized spacial score (nSPS) is 26.1. The van der Waals surface area contributed by atoms with E-state index in [0.717, 1.165) is 19.4 Å². The summed E-state index contributed by atoms with van der Waals surface area (Å²) in [6, 6.07) is 0. The highest BCUT2D eigenvalue weighted by atomic mass is 16.6. The highest BCUT2D eigenvalue weighted by molar-refractivity contribution is 5.71. The molecule has 0 radical (unpaired) electrons. The van der Waals surface area contributed by atoms with Gasteiger partial charge >= 0.3 is 5.97 Å². The van der Waals surface area contributed by atoms with Gasteiger partial charge in [-0.15, -0.1) is 0 Å². The summed E-state index contributed by atoms with van der Waals surface area (Å²) in [6.45, 7) is 4.99. The van der Waals surface area contributed by atoms with Gasteiger partial charge in [-0.3, -0.25) is 4.79 Å². The molecule has 21 heavy (non-hydrogen) atoms. The standard InChI is InChI=1S/C17H31NO3/c1-3-4-5-6-7-8-9-10-15-16(21-17(19)12-18)11-14(2)13-20-15/h9-10,14-16H,3-8,11-13,18H2,1-2H3/t14-,15+,16-/m1/s1. The van der Waals surface area contributed by atoms with Gasteiger partial charge in [0.05, 0.1) is 13.2 Å². The minimum Gasteiger partial charge on any atom is -0.458 e. The van der Waals surface area contributed by atoms with E-state index in [9.17, 15) is 4.79 Å². The van der Waals surface area contributed by atoms with Crippen molar-refractivity contribution in [3.05, 3.63) is 12.2 Å². The lowest BCUT2D eigenvalue weighted by atomic mass is 9.96. The molecule has 0 bridgehead atoms. The van der Waals surface area contributed by atoms with Crippen molar-refractivity contribution < 1.29 is 14.3 Å². The Morgan fingerprint density at radius 3 is 2.81 bits per heavy atom. The SMILES string of the molecule is CCCCCCCC=C[C@@H]1OC[C@H](C)C[C@H]1OC(=O)CN. The monoisotopic (exact) mass is 297 g/mol. The zero-order valence-electron chi connectivity index (χ0n) is 13.6. The molecule has 0 aliphatic carbocycles. The summed E-state index contributed by atoms with van der Waals surface area (Å²) in [6.07, 6.45) is 12.2. The van der Waals surface area contributed by atoms with Gasteiger partial charge in [0.1, 0.15) is 12.2 Å². The lowest BCUT2D eigenvalue weighted by Gasteiger charge is -2.32. The van der Waals surface area contributed by atoms with Gasteiger partial charge in [0.2, 0.25) is 0 Å². The summed E-state index contributed by atoms with van der Waals surface area (Å²) >= 11 is 0. The van der Waals surface area contributed by atoms with Gasteiger partial charge in [0.15, 0.2) is 0 Å². The smallest absolute Gasteiger partial charge is 0.320 e. The summed E-state index contributed by atoms with van der Waals surface area (Å²) < 4.78 is 11.2. The first-order chi connectivity index (χ1) is 10.2. The maximum Gasteiger partial charge on any atom is 0.320 e. The Morgan fingerprint density at radius 1 is 1.33 bits per heavy atom. The van der Waals surface area contributed by atoms with Crippen molar-refractivity contribution in [3.63, 3.8) is 0 Å². The second-order valence-corrected chi connectivity index (χ2v) is 6.00. The van der Waals surface area contributed by atoms with Crippen molar-refractivity contribution in [2.24, 2.45) is 11.7 Å². The molecule has 0 spiro atoms. The van der Waals surface area contributed by atoms with Crippen LogP contribution < -0.4 is 5.73 Å². The third-order valence-electron chi connectivity index (χ3n) is 3.82. The molecule has 1 aliphatic rings. The number of nitrogens with two attached hydrogens (primary N) is 1. The highest BCUT2D eigenvalue weighted by Crippen LogP contribution is 2.23. The molecule has 0 saturated carbocycles. The van der Waals surface area contributed by atoms with E-state index in [1.165, 1.54) is 32.1 Å². The predicted octanol–water partition coefficient (Wildman–Crippen LogP) is 3.20. The molecule has 0 aromatic rings. The summed E-state index contributed by atoms with van der Waals surface area (Å²) in [5, 5.41) is 0. The van der Waals surface area contributed by atoms with E-state index < -0.39 is 0 Å². The van der Waals surface area contributed by atoms with Gasteiger partial charge < -0.3 is 15.2 Å². The Hall–Kier alpha value is -0.870. The van der Waals surface area contributed by atoms with Crippen LogP contribution in [-0.4, -0.2) is 31.3 Å². The van der Waals surface area contributed by atoms with Gasteiger partial charge in [-0.1, -0.05) is 51.7 Å². The number of carbonyl (C=O) groups excluding carboxylic acids is 1. The molecular weight excluding hydrogens is 266 g/mol. The number of allylic oxidation sites excluding steroid dienone is 1. The second kappa shape index (κ2) is 10.8. The molecular formula is C17H31NO3. The minimum absolute atomic E-state index is 0.0707. The molecule has 1 rings (SSSR count). The third kappa shape index (κ3) is 7.63. The predicted molar refractivity (Wildman–Crippen MR) is 85.0 cm³/mol. The maximum absolute atomic E-state index is 11.4. The summed E-state index contributed by atoms with van der Waals surface area (Å²) in [7, 11) is 0. The van der Waals surface area contributed by atoms with Crippen LogP contribution in [0.1, 0.15) is 58.8 Å². The van der Waals surface area contributed by atoms with Gasteiger partial charge in [-0.05, 0) is 25.2 Å². The first-order valence-electron chi connectivity index (χ1n) is 8.35. The number of hydrogen-bond acceptors (Lipinski definition) is 4. The molecule has 0 aromatic heterocycles. The molecule has 4 nitrogen and oxygen atoms in total. The van der Waals surface area contributed by atoms with Crippen molar-refractivity contribution in [3.8, 4) is 0 Å². The van der Waals surface area contributed by atoms with Crippen LogP contribution >= 0.6 is 0 Å². The molecule has 1 aliphatic heterocycles. The van der Waals surface area contributed by atoms with Crippen LogP contribution in [-0.2, 0) is 14.3 Å². The Morgan fingerprint density at radius 2 is 2.10 bits per heavy atom. The third-order valence-corrected chi connectivity index (χ3v) is 3.82. The Kier molecular flexibility index (Phi) is 9.35. The number of carbonyl (C=O) groups is 1. The summed E-state index contributed by atoms with van der Waals surface area (Å²) in [4.78, 5) is 11.4. The molecule has 1 fully saturated rings. The van der Waals surface area contributed by atoms with Crippen LogP contribution in [0.15, 0.2) is 12.2 Å². The zero-order valence-corrected chi connectivity index (χ0v) is 13.6. The van der Waals surface area contributed by atoms with Crippen LogP contribution in [0.4, 0.5) is 0 Å². The quantitative estimate of drug-likeness (QED) is 0.403. The zero-order chi connectivity index (χ0) is 15.5. The van der Waals surface area contributed by atoms with E-state index >= 15 is 0 Å². The average Bonchev–Trinajstić information content (AvgIpc) is 2.48. The fourth-order valence-electron chi connectivity index (χ4n) is 2.59. The Balaban J connectivity index is 2.33. The van der Waals surface area contributed by atoms with Crippen molar-refractivity contribution >= 4 is 5.97 Å². The first kappa shape index (κ1) is 18.2. The van der Waals surface area contributed by atoms with Crippen LogP contribution in [0, 0.1) is 5.92 Å². The van der Waals surface area contributed by atoms with Gasteiger partial charge in [0.25, 0.3) is 0 Å². The van der Waals surface area contributed by atoms with Gasteiger partial charge in [-0.2, -0.15) is 0 Å². The molecule has 122 valence electrons. The number of esters is 1. The molecule has 1 saturated heterocycles. The van der Waals surface area contributed by atoms with E-state index in [1.54, 1.807) is 0 Å². The molecule has 3 atom stereocenters. The minimum atomic E-state index is -0.351. The Labute approximate surface area is 129 Å². The number of unbranched alkanes of at least 4 members (excludes halogenated alkanes) is 5. The largest absolute Gasteiger partial charge is 0.458 e. The van der Waals surface area contributed by atoms with Crippen molar-refractivity contribution in [2.75, 3.05) is 13.2 Å².